The molecule has 3 aromatic carbocycles. The minimum absolute atomic E-state index is 0.0290. The van der Waals surface area contributed by atoms with Gasteiger partial charge in [0, 0.05) is 29.8 Å². The third-order valence-corrected chi connectivity index (χ3v) is 6.48. The molecular formula is C22H12BrIN10O3. The summed E-state index contributed by atoms with van der Waals surface area (Å²) in [7, 11) is 0. The number of halogens is 2. The Morgan fingerprint density at radius 3 is 2.70 bits per heavy atom. The molecule has 0 unspecified atom stereocenters. The summed E-state index contributed by atoms with van der Waals surface area (Å²) >= 11 is 5.38. The van der Waals surface area contributed by atoms with Gasteiger partial charge in [-0.05, 0) is 81.9 Å². The van der Waals surface area contributed by atoms with Crippen LogP contribution in [0.1, 0.15) is 20.8 Å². The average molecular weight is 671 g/mol. The van der Waals surface area contributed by atoms with E-state index in [1.807, 2.05) is 22.6 Å². The van der Waals surface area contributed by atoms with Crippen LogP contribution in [0.5, 0.6) is 0 Å². The lowest BCUT2D eigenvalue weighted by Gasteiger charge is -2.09. The van der Waals surface area contributed by atoms with Crippen molar-refractivity contribution < 1.29 is 14.1 Å². The molecule has 182 valence electrons. The van der Waals surface area contributed by atoms with Gasteiger partial charge in [-0.25, -0.2) is 0 Å². The zero-order valence-corrected chi connectivity index (χ0v) is 22.1. The minimum Gasteiger partial charge on any atom is -0.355 e. The van der Waals surface area contributed by atoms with E-state index in [4.69, 9.17) is 10.1 Å². The van der Waals surface area contributed by atoms with Crippen LogP contribution in [0.4, 0.5) is 17.1 Å². The fourth-order valence-electron chi connectivity index (χ4n) is 3.43. The second kappa shape index (κ2) is 10.3. The Morgan fingerprint density at radius 2 is 1.95 bits per heavy atom. The number of benzene rings is 3. The first-order valence-corrected chi connectivity index (χ1v) is 12.2. The molecule has 0 aliphatic carbocycles. The fourth-order valence-corrected chi connectivity index (χ4v) is 4.41. The number of carbonyl (C=O) groups is 2. The zero-order valence-electron chi connectivity index (χ0n) is 18.3. The number of aromatic nitrogens is 5. The lowest BCUT2D eigenvalue weighted by molar-refractivity contribution is 0.101. The minimum atomic E-state index is -0.530. The summed E-state index contributed by atoms with van der Waals surface area (Å²) in [5.41, 5.74) is 11.2. The van der Waals surface area contributed by atoms with Crippen LogP contribution >= 0.6 is 38.5 Å². The van der Waals surface area contributed by atoms with Gasteiger partial charge in [0.1, 0.15) is 0 Å². The van der Waals surface area contributed by atoms with Crippen LogP contribution < -0.4 is 10.6 Å². The van der Waals surface area contributed by atoms with Crippen LogP contribution in [0.25, 0.3) is 32.8 Å². The number of hydrogen-bond donors (Lipinski definition) is 3. The van der Waals surface area contributed by atoms with E-state index in [1.165, 1.54) is 0 Å². The fraction of sp³-hybridized carbons (Fsp3) is 0. The molecule has 0 fully saturated rings. The highest BCUT2D eigenvalue weighted by molar-refractivity contribution is 14.1. The van der Waals surface area contributed by atoms with Crippen molar-refractivity contribution in [3.63, 3.8) is 0 Å². The van der Waals surface area contributed by atoms with Crippen LogP contribution in [0, 0.1) is 3.57 Å². The Bertz CT molecular complexity index is 1710. The average Bonchev–Trinajstić information content (AvgIpc) is 3.56. The monoisotopic (exact) mass is 670 g/mol. The number of fused-ring (bicyclic) bond motifs is 1. The molecule has 0 aliphatic heterocycles. The number of carbonyl (C=O) groups excluding carboxylic acids is 2. The van der Waals surface area contributed by atoms with E-state index in [9.17, 15) is 9.59 Å². The van der Waals surface area contributed by atoms with Crippen molar-refractivity contribution in [3.8, 4) is 11.4 Å². The molecule has 2 heterocycles. The van der Waals surface area contributed by atoms with E-state index in [0.29, 0.717) is 48.6 Å². The maximum atomic E-state index is 13.1. The zero-order chi connectivity index (χ0) is 25.9. The van der Waals surface area contributed by atoms with Crippen LogP contribution in [0.2, 0.25) is 0 Å². The number of hydrogen-bond acceptors (Lipinski definition) is 8. The van der Waals surface area contributed by atoms with E-state index >= 15 is 0 Å². The van der Waals surface area contributed by atoms with Gasteiger partial charge in [0.05, 0.1) is 16.8 Å². The van der Waals surface area contributed by atoms with E-state index in [0.717, 1.165) is 4.47 Å². The molecule has 13 nitrogen and oxygen atoms in total. The standard InChI is InChI=1S/C22H12BrIN10O3/c23-11-2-5-16(13(8-11)20-29-33-34-30-20)27-22(36)19-14-9-12(3-6-18(14)37-31-19)26-21(35)10-1-4-17(28-32-25)15(24)7-10/h1-9H,(H,26,35)(H,27,36)(H,29,30,33,34). The van der Waals surface area contributed by atoms with Crippen molar-refractivity contribution in [1.82, 2.24) is 25.8 Å². The van der Waals surface area contributed by atoms with Crippen LogP contribution in [-0.4, -0.2) is 37.6 Å². The largest absolute Gasteiger partial charge is 0.355 e. The van der Waals surface area contributed by atoms with Crippen molar-refractivity contribution in [2.24, 2.45) is 5.11 Å². The molecule has 2 amide bonds. The van der Waals surface area contributed by atoms with E-state index < -0.39 is 5.91 Å². The first-order valence-electron chi connectivity index (χ1n) is 10.3. The molecular weight excluding hydrogens is 659 g/mol. The Labute approximate surface area is 228 Å². The second-order valence-electron chi connectivity index (χ2n) is 7.43. The molecule has 0 radical (unpaired) electrons. The van der Waals surface area contributed by atoms with Gasteiger partial charge in [-0.15, -0.1) is 10.2 Å². The molecule has 5 aromatic rings. The highest BCUT2D eigenvalue weighted by Gasteiger charge is 2.20. The maximum absolute atomic E-state index is 13.1. The normalized spacial score (nSPS) is 10.6. The summed E-state index contributed by atoms with van der Waals surface area (Å²) in [6.45, 7) is 0. The van der Waals surface area contributed by atoms with Crippen LogP contribution in [0.3, 0.4) is 0 Å². The summed E-state index contributed by atoms with van der Waals surface area (Å²) in [5.74, 6) is -0.613. The van der Waals surface area contributed by atoms with Gasteiger partial charge in [-0.3, -0.25) is 9.59 Å². The first kappa shape index (κ1) is 24.4. The molecule has 0 saturated carbocycles. The summed E-state index contributed by atoms with van der Waals surface area (Å²) in [6, 6.07) is 14.8. The van der Waals surface area contributed by atoms with Gasteiger partial charge >= 0.3 is 0 Å². The molecule has 5 rings (SSSR count). The lowest BCUT2D eigenvalue weighted by Crippen LogP contribution is -2.14. The Kier molecular flexibility index (Phi) is 6.80. The van der Waals surface area contributed by atoms with Crippen LogP contribution in [0.15, 0.2) is 68.7 Å². The van der Waals surface area contributed by atoms with Crippen molar-refractivity contribution in [2.75, 3.05) is 10.6 Å². The number of aromatic amines is 1. The van der Waals surface area contributed by atoms with Gasteiger partial charge < -0.3 is 15.2 Å². The Morgan fingerprint density at radius 1 is 1.08 bits per heavy atom. The van der Waals surface area contributed by atoms with Gasteiger partial charge in [0.25, 0.3) is 11.8 Å². The molecule has 0 bridgehead atoms. The highest BCUT2D eigenvalue weighted by atomic mass is 127. The Hall–Kier alpha value is -4.34. The predicted octanol–water partition coefficient (Wildman–Crippen LogP) is 5.82. The number of H-pyrrole nitrogens is 1. The number of anilines is 2. The van der Waals surface area contributed by atoms with Crippen molar-refractivity contribution in [3.05, 3.63) is 84.3 Å². The van der Waals surface area contributed by atoms with E-state index in [2.05, 4.69) is 62.4 Å². The van der Waals surface area contributed by atoms with Gasteiger partial charge in [0.2, 0.25) is 5.82 Å². The topological polar surface area (TPSA) is 187 Å². The molecule has 0 spiro atoms. The summed E-state index contributed by atoms with van der Waals surface area (Å²) in [4.78, 5) is 28.7. The van der Waals surface area contributed by atoms with Crippen molar-refractivity contribution >= 4 is 78.4 Å². The molecule has 37 heavy (non-hydrogen) atoms. The number of tetrazole rings is 1. The third-order valence-electron chi connectivity index (χ3n) is 5.12. The molecule has 15 heteroatoms. The van der Waals surface area contributed by atoms with Crippen molar-refractivity contribution in [2.45, 2.75) is 0 Å². The SMILES string of the molecule is [N-]=[N+]=Nc1ccc(C(=O)Nc2ccc3onc(C(=O)Nc4ccc(Br)cc4-c4nn[nH]n4)c3c2)cc1I. The third kappa shape index (κ3) is 5.13. The molecule has 0 saturated heterocycles. The summed E-state index contributed by atoms with van der Waals surface area (Å²) in [6.07, 6.45) is 0. The molecule has 0 aliphatic rings. The van der Waals surface area contributed by atoms with Gasteiger partial charge in [-0.2, -0.15) is 5.21 Å². The van der Waals surface area contributed by atoms with Gasteiger partial charge in [0.15, 0.2) is 11.3 Å². The predicted molar refractivity (Wildman–Crippen MR) is 145 cm³/mol. The van der Waals surface area contributed by atoms with E-state index in [1.54, 1.807) is 54.6 Å². The lowest BCUT2D eigenvalue weighted by atomic mass is 10.1. The Balaban J connectivity index is 1.40. The molecule has 3 N–H and O–H groups in total. The van der Waals surface area contributed by atoms with Gasteiger partial charge in [-0.1, -0.05) is 32.3 Å². The second-order valence-corrected chi connectivity index (χ2v) is 9.51. The highest BCUT2D eigenvalue weighted by Crippen LogP contribution is 2.30. The van der Waals surface area contributed by atoms with Crippen molar-refractivity contribution in [1.29, 1.82) is 0 Å². The summed E-state index contributed by atoms with van der Waals surface area (Å²) < 4.78 is 6.71. The van der Waals surface area contributed by atoms with Crippen LogP contribution in [-0.2, 0) is 0 Å². The molecule has 2 aromatic heterocycles. The van der Waals surface area contributed by atoms with E-state index in [-0.39, 0.29) is 11.6 Å². The number of nitrogens with one attached hydrogen (secondary N) is 3. The number of azide groups is 1. The first-order chi connectivity index (χ1) is 17.9. The smallest absolute Gasteiger partial charge is 0.278 e. The summed E-state index contributed by atoms with van der Waals surface area (Å²) in [5, 5.41) is 27.4. The number of nitrogens with zero attached hydrogens (tertiary/aromatic N) is 7. The number of rotatable bonds is 6. The quantitative estimate of drug-likeness (QED) is 0.0878. The maximum Gasteiger partial charge on any atom is 0.278 e. The number of amides is 2. The molecule has 0 atom stereocenters.